The van der Waals surface area contributed by atoms with Gasteiger partial charge < -0.3 is 9.57 Å². The number of hydrogen-bond donors (Lipinski definition) is 1. The van der Waals surface area contributed by atoms with E-state index in [1.165, 1.54) is 43.8 Å². The van der Waals surface area contributed by atoms with Crippen LogP contribution in [0, 0.1) is 5.13 Å². The molecular weight excluding hydrogens is 473 g/mol. The molecule has 10 nitrogen and oxygen atoms in total. The molecule has 13 heteroatoms. The smallest absolute Gasteiger partial charge is 0.280 e. The molecule has 1 amide bonds. The third kappa shape index (κ3) is 7.10. The number of nitrogens with one attached hydrogen (secondary N) is 1. The molecular formula is C20H20FN5O5S2. The summed E-state index contributed by atoms with van der Waals surface area (Å²) in [5.74, 6) is -0.438. The summed E-state index contributed by atoms with van der Waals surface area (Å²) >= 11 is 0.650. The van der Waals surface area contributed by atoms with Crippen LogP contribution in [0.1, 0.15) is 17.8 Å². The van der Waals surface area contributed by atoms with E-state index in [1.54, 1.807) is 6.07 Å². The largest absolute Gasteiger partial charge is 0.387 e. The molecule has 1 aromatic carbocycles. The summed E-state index contributed by atoms with van der Waals surface area (Å²) in [6.45, 7) is 0.226. The number of anilines is 1. The van der Waals surface area contributed by atoms with Crippen LogP contribution in [0.15, 0.2) is 59.0 Å². The van der Waals surface area contributed by atoms with Crippen LogP contribution in [0.3, 0.4) is 0 Å². The second-order valence-electron chi connectivity index (χ2n) is 6.49. The van der Waals surface area contributed by atoms with Crippen LogP contribution in [0.25, 0.3) is 0 Å². The SMILES string of the molecule is COCCCS(=O)(=O)c1ccc(C(=NOCc2ncccn2)C(=O)Nc2ncc(F)s2)cc1. The minimum Gasteiger partial charge on any atom is -0.387 e. The third-order valence-corrected chi connectivity index (χ3v) is 6.65. The molecule has 174 valence electrons. The molecule has 0 fully saturated rings. The first kappa shape index (κ1) is 24.4. The molecule has 2 heterocycles. The van der Waals surface area contributed by atoms with Gasteiger partial charge in [0.1, 0.15) is 0 Å². The number of carbonyl (C=O) groups is 1. The predicted molar refractivity (Wildman–Crippen MR) is 119 cm³/mol. The third-order valence-electron chi connectivity index (χ3n) is 4.13. The van der Waals surface area contributed by atoms with E-state index >= 15 is 0 Å². The Labute approximate surface area is 193 Å². The highest BCUT2D eigenvalue weighted by Gasteiger charge is 2.20. The van der Waals surface area contributed by atoms with Crippen LogP contribution in [-0.2, 0) is 30.8 Å². The number of oxime groups is 1. The predicted octanol–water partition coefficient (Wildman–Crippen LogP) is 2.44. The van der Waals surface area contributed by atoms with E-state index in [4.69, 9.17) is 9.57 Å². The van der Waals surface area contributed by atoms with E-state index in [1.807, 2.05) is 0 Å². The van der Waals surface area contributed by atoms with Crippen molar-refractivity contribution in [2.45, 2.75) is 17.9 Å². The molecule has 0 aliphatic heterocycles. The maximum absolute atomic E-state index is 13.2. The van der Waals surface area contributed by atoms with Crippen LogP contribution < -0.4 is 5.32 Å². The van der Waals surface area contributed by atoms with Crippen molar-refractivity contribution >= 4 is 37.9 Å². The zero-order valence-electron chi connectivity index (χ0n) is 17.5. The van der Waals surface area contributed by atoms with Crippen molar-refractivity contribution < 1.29 is 27.2 Å². The average molecular weight is 494 g/mol. The number of methoxy groups -OCH3 is 1. The second kappa shape index (κ2) is 11.5. The summed E-state index contributed by atoms with van der Waals surface area (Å²) in [5, 5.41) is 5.80. The fraction of sp³-hybridized carbons (Fsp3) is 0.250. The van der Waals surface area contributed by atoms with Gasteiger partial charge in [-0.3, -0.25) is 10.1 Å². The highest BCUT2D eigenvalue weighted by Crippen LogP contribution is 2.18. The summed E-state index contributed by atoms with van der Waals surface area (Å²) in [6, 6.07) is 7.27. The number of sulfone groups is 1. The lowest BCUT2D eigenvalue weighted by Crippen LogP contribution is -2.24. The number of amides is 1. The highest BCUT2D eigenvalue weighted by atomic mass is 32.2. The highest BCUT2D eigenvalue weighted by molar-refractivity contribution is 7.91. The molecule has 3 aromatic rings. The molecule has 33 heavy (non-hydrogen) atoms. The summed E-state index contributed by atoms with van der Waals surface area (Å²) in [5.41, 5.74) is 0.124. The van der Waals surface area contributed by atoms with Crippen LogP contribution in [0.5, 0.6) is 0 Å². The van der Waals surface area contributed by atoms with E-state index in [-0.39, 0.29) is 33.7 Å². The monoisotopic (exact) mass is 493 g/mol. The number of aromatic nitrogens is 3. The van der Waals surface area contributed by atoms with Crippen molar-refractivity contribution in [1.82, 2.24) is 15.0 Å². The van der Waals surface area contributed by atoms with Crippen molar-refractivity contribution in [2.24, 2.45) is 5.16 Å². The maximum atomic E-state index is 13.2. The standard InChI is InChI=1S/C20H20FN5O5S2/c1-30-10-3-11-33(28,29)15-6-4-14(5-7-15)18(19(27)25-20-24-12-16(21)32-20)26-31-13-17-22-8-2-9-23-17/h2,4-9,12H,3,10-11,13H2,1H3,(H,24,25,27). The van der Waals surface area contributed by atoms with Gasteiger partial charge in [0.05, 0.1) is 16.8 Å². The Bertz CT molecular complexity index is 1200. The number of hydrogen-bond acceptors (Lipinski definition) is 10. The molecule has 0 unspecified atom stereocenters. The van der Waals surface area contributed by atoms with Crippen molar-refractivity contribution in [1.29, 1.82) is 0 Å². The van der Waals surface area contributed by atoms with Crippen molar-refractivity contribution in [3.8, 4) is 0 Å². The molecule has 1 N–H and O–H groups in total. The molecule has 0 bridgehead atoms. The minimum absolute atomic E-state index is 0.0360. The molecule has 0 radical (unpaired) electrons. The van der Waals surface area contributed by atoms with Crippen LogP contribution in [0.4, 0.5) is 9.52 Å². The van der Waals surface area contributed by atoms with Gasteiger partial charge in [-0.1, -0.05) is 28.6 Å². The molecule has 0 saturated heterocycles. The molecule has 0 spiro atoms. The Balaban J connectivity index is 1.81. The van der Waals surface area contributed by atoms with Gasteiger partial charge in [0.2, 0.25) is 0 Å². The van der Waals surface area contributed by atoms with Gasteiger partial charge in [0.25, 0.3) is 5.91 Å². The van der Waals surface area contributed by atoms with Crippen molar-refractivity contribution in [2.75, 3.05) is 24.8 Å². The van der Waals surface area contributed by atoms with E-state index in [0.717, 1.165) is 6.20 Å². The van der Waals surface area contributed by atoms with Gasteiger partial charge >= 0.3 is 0 Å². The minimum atomic E-state index is -3.51. The lowest BCUT2D eigenvalue weighted by molar-refractivity contribution is -0.110. The Hall–Kier alpha value is -3.29. The number of rotatable bonds is 11. The second-order valence-corrected chi connectivity index (χ2v) is 9.58. The summed E-state index contributed by atoms with van der Waals surface area (Å²) in [4.78, 5) is 29.9. The topological polar surface area (TPSA) is 133 Å². The van der Waals surface area contributed by atoms with Crippen molar-refractivity contribution in [3.05, 3.63) is 65.4 Å². The normalized spacial score (nSPS) is 11.9. The number of ether oxygens (including phenoxy) is 1. The number of halogens is 1. The van der Waals surface area contributed by atoms with E-state index in [0.29, 0.717) is 30.2 Å². The zero-order chi connectivity index (χ0) is 23.7. The van der Waals surface area contributed by atoms with Gasteiger partial charge in [-0.25, -0.2) is 23.4 Å². The van der Waals surface area contributed by atoms with E-state index in [9.17, 15) is 17.6 Å². The first-order valence-electron chi connectivity index (χ1n) is 9.59. The van der Waals surface area contributed by atoms with Gasteiger partial charge in [-0.05, 0) is 24.6 Å². The summed E-state index contributed by atoms with van der Waals surface area (Å²) in [6.07, 6.45) is 4.40. The Kier molecular flexibility index (Phi) is 8.52. The summed E-state index contributed by atoms with van der Waals surface area (Å²) in [7, 11) is -2.01. The fourth-order valence-corrected chi connectivity index (χ4v) is 4.41. The summed E-state index contributed by atoms with van der Waals surface area (Å²) < 4.78 is 43.0. The van der Waals surface area contributed by atoms with Gasteiger partial charge in [0.15, 0.2) is 38.2 Å². The van der Waals surface area contributed by atoms with Crippen LogP contribution >= 0.6 is 11.3 Å². The Morgan fingerprint density at radius 3 is 2.55 bits per heavy atom. The Morgan fingerprint density at radius 1 is 1.18 bits per heavy atom. The average Bonchev–Trinajstić information content (AvgIpc) is 3.22. The molecule has 0 saturated carbocycles. The van der Waals surface area contributed by atoms with E-state index < -0.39 is 20.9 Å². The maximum Gasteiger partial charge on any atom is 0.280 e. The number of carbonyl (C=O) groups excluding carboxylic acids is 1. The van der Waals surface area contributed by atoms with Gasteiger partial charge in [-0.2, -0.15) is 4.39 Å². The molecule has 0 atom stereocenters. The van der Waals surface area contributed by atoms with Crippen molar-refractivity contribution in [3.63, 3.8) is 0 Å². The molecule has 0 aliphatic carbocycles. The number of nitrogens with zero attached hydrogens (tertiary/aromatic N) is 4. The lowest BCUT2D eigenvalue weighted by atomic mass is 10.1. The number of thiazole rings is 1. The quantitative estimate of drug-likeness (QED) is 0.245. The first-order chi connectivity index (χ1) is 15.9. The van der Waals surface area contributed by atoms with E-state index in [2.05, 4.69) is 25.4 Å². The Morgan fingerprint density at radius 2 is 1.91 bits per heavy atom. The molecule has 3 rings (SSSR count). The first-order valence-corrected chi connectivity index (χ1v) is 12.1. The zero-order valence-corrected chi connectivity index (χ0v) is 19.1. The fourth-order valence-electron chi connectivity index (χ4n) is 2.58. The van der Waals surface area contributed by atoms with Gasteiger partial charge in [-0.15, -0.1) is 0 Å². The molecule has 0 aliphatic rings. The lowest BCUT2D eigenvalue weighted by Gasteiger charge is -2.08. The van der Waals surface area contributed by atoms with Crippen LogP contribution in [-0.4, -0.2) is 54.5 Å². The molecule has 2 aromatic heterocycles. The number of benzene rings is 1. The van der Waals surface area contributed by atoms with Gasteiger partial charge in [0, 0.05) is 31.7 Å². The van der Waals surface area contributed by atoms with Crippen LogP contribution in [0.2, 0.25) is 0 Å².